The Balaban J connectivity index is 1.54. The van der Waals surface area contributed by atoms with Crippen molar-refractivity contribution in [2.45, 2.75) is 40.3 Å². The first-order chi connectivity index (χ1) is 12.7. The van der Waals surface area contributed by atoms with Crippen molar-refractivity contribution in [3.8, 4) is 0 Å². The Labute approximate surface area is 154 Å². The van der Waals surface area contributed by atoms with Gasteiger partial charge in [0, 0.05) is 51.4 Å². The van der Waals surface area contributed by atoms with Gasteiger partial charge >= 0.3 is 0 Å². The van der Waals surface area contributed by atoms with Crippen LogP contribution in [0.4, 0.5) is 0 Å². The van der Waals surface area contributed by atoms with E-state index in [2.05, 4.69) is 39.3 Å². The summed E-state index contributed by atoms with van der Waals surface area (Å²) in [5, 5.41) is 11.5. The van der Waals surface area contributed by atoms with Crippen LogP contribution < -0.4 is 5.32 Å². The summed E-state index contributed by atoms with van der Waals surface area (Å²) in [6, 6.07) is 3.98. The zero-order valence-corrected chi connectivity index (χ0v) is 15.9. The third-order valence-electron chi connectivity index (χ3n) is 4.42. The molecule has 1 fully saturated rings. The van der Waals surface area contributed by atoms with Crippen molar-refractivity contribution in [2.24, 2.45) is 4.99 Å². The third kappa shape index (κ3) is 4.85. The Morgan fingerprint density at radius 2 is 1.88 bits per heavy atom. The van der Waals surface area contributed by atoms with E-state index >= 15 is 0 Å². The fourth-order valence-corrected chi connectivity index (χ4v) is 3.01. The van der Waals surface area contributed by atoms with E-state index in [4.69, 9.17) is 14.0 Å². The molecule has 0 spiro atoms. The van der Waals surface area contributed by atoms with Crippen molar-refractivity contribution in [1.29, 1.82) is 0 Å². The fourth-order valence-electron chi connectivity index (χ4n) is 3.01. The lowest BCUT2D eigenvalue weighted by atomic mass is 10.3. The molecule has 3 rings (SSSR count). The number of piperazine rings is 1. The van der Waals surface area contributed by atoms with E-state index in [0.717, 1.165) is 74.6 Å². The number of hydrogen-bond acceptors (Lipinski definition) is 6. The first kappa shape index (κ1) is 18.4. The largest absolute Gasteiger partial charge is 0.361 e. The highest BCUT2D eigenvalue weighted by atomic mass is 16.5. The minimum atomic E-state index is 0.508. The SMILES string of the molecule is CCNC(=NCc1cc(CC)no1)N1CCN(Cc2cc(C)on2)CC1. The molecule has 0 radical (unpaired) electrons. The Morgan fingerprint density at radius 3 is 2.50 bits per heavy atom. The lowest BCUT2D eigenvalue weighted by Gasteiger charge is -2.36. The molecule has 142 valence electrons. The van der Waals surface area contributed by atoms with Gasteiger partial charge < -0.3 is 19.3 Å². The van der Waals surface area contributed by atoms with E-state index in [9.17, 15) is 0 Å². The van der Waals surface area contributed by atoms with Gasteiger partial charge in [-0.2, -0.15) is 0 Å². The summed E-state index contributed by atoms with van der Waals surface area (Å²) in [6.45, 7) is 12.1. The predicted octanol–water partition coefficient (Wildman–Crippen LogP) is 1.82. The number of guanidine groups is 1. The maximum Gasteiger partial charge on any atom is 0.194 e. The summed E-state index contributed by atoms with van der Waals surface area (Å²) < 4.78 is 10.5. The van der Waals surface area contributed by atoms with Crippen LogP contribution in [0.5, 0.6) is 0 Å². The van der Waals surface area contributed by atoms with Crippen LogP contribution in [0.1, 0.15) is 36.8 Å². The lowest BCUT2D eigenvalue weighted by molar-refractivity contribution is 0.169. The average Bonchev–Trinajstić information content (AvgIpc) is 3.28. The van der Waals surface area contributed by atoms with Gasteiger partial charge in [-0.15, -0.1) is 0 Å². The van der Waals surface area contributed by atoms with Gasteiger partial charge in [0.15, 0.2) is 11.7 Å². The van der Waals surface area contributed by atoms with E-state index in [1.54, 1.807) is 0 Å². The summed E-state index contributed by atoms with van der Waals surface area (Å²) in [5.74, 6) is 2.59. The molecule has 2 aromatic heterocycles. The van der Waals surface area contributed by atoms with Crippen LogP contribution in [0, 0.1) is 6.92 Å². The van der Waals surface area contributed by atoms with Gasteiger partial charge in [0.2, 0.25) is 0 Å². The standard InChI is InChI=1S/C18H28N6O2/c1-4-15-11-17(26-21-15)12-20-18(19-5-2)24-8-6-23(7-9-24)13-16-10-14(3)25-22-16/h10-11H,4-9,12-13H2,1-3H3,(H,19,20). The number of nitrogens with zero attached hydrogens (tertiary/aromatic N) is 5. The average molecular weight is 360 g/mol. The van der Waals surface area contributed by atoms with Crippen LogP contribution in [0.2, 0.25) is 0 Å². The highest BCUT2D eigenvalue weighted by Gasteiger charge is 2.20. The fraction of sp³-hybridized carbons (Fsp3) is 0.611. The minimum Gasteiger partial charge on any atom is -0.361 e. The molecule has 8 heteroatoms. The number of hydrogen-bond donors (Lipinski definition) is 1. The minimum absolute atomic E-state index is 0.508. The quantitative estimate of drug-likeness (QED) is 0.621. The Bertz CT molecular complexity index is 715. The first-order valence-electron chi connectivity index (χ1n) is 9.30. The predicted molar refractivity (Wildman–Crippen MR) is 98.8 cm³/mol. The van der Waals surface area contributed by atoms with E-state index in [-0.39, 0.29) is 0 Å². The maximum absolute atomic E-state index is 5.33. The molecule has 1 saturated heterocycles. The molecule has 26 heavy (non-hydrogen) atoms. The van der Waals surface area contributed by atoms with Crippen molar-refractivity contribution in [3.63, 3.8) is 0 Å². The molecule has 0 aliphatic carbocycles. The molecule has 0 unspecified atom stereocenters. The molecular weight excluding hydrogens is 332 g/mol. The molecule has 1 aliphatic heterocycles. The second kappa shape index (κ2) is 8.84. The summed E-state index contributed by atoms with van der Waals surface area (Å²) in [7, 11) is 0. The van der Waals surface area contributed by atoms with Crippen molar-refractivity contribution >= 4 is 5.96 Å². The second-order valence-electron chi connectivity index (χ2n) is 6.50. The molecule has 0 saturated carbocycles. The van der Waals surface area contributed by atoms with Crippen molar-refractivity contribution < 1.29 is 9.05 Å². The number of rotatable bonds is 6. The van der Waals surface area contributed by atoms with Crippen LogP contribution in [0.15, 0.2) is 26.2 Å². The Kier molecular flexibility index (Phi) is 6.27. The number of nitrogens with one attached hydrogen (secondary N) is 1. The number of aryl methyl sites for hydroxylation is 2. The van der Waals surface area contributed by atoms with Crippen LogP contribution >= 0.6 is 0 Å². The molecule has 0 bridgehead atoms. The summed E-state index contributed by atoms with van der Waals surface area (Å²) in [6.07, 6.45) is 0.875. The number of aromatic nitrogens is 2. The summed E-state index contributed by atoms with van der Waals surface area (Å²) in [5.41, 5.74) is 1.96. The first-order valence-corrected chi connectivity index (χ1v) is 9.30. The van der Waals surface area contributed by atoms with Crippen LogP contribution in [-0.2, 0) is 19.5 Å². The Morgan fingerprint density at radius 1 is 1.12 bits per heavy atom. The second-order valence-corrected chi connectivity index (χ2v) is 6.50. The third-order valence-corrected chi connectivity index (χ3v) is 4.42. The highest BCUT2D eigenvalue weighted by molar-refractivity contribution is 5.80. The maximum atomic E-state index is 5.33. The van der Waals surface area contributed by atoms with E-state index < -0.39 is 0 Å². The van der Waals surface area contributed by atoms with Crippen molar-refractivity contribution in [2.75, 3.05) is 32.7 Å². The topological polar surface area (TPSA) is 82.9 Å². The van der Waals surface area contributed by atoms with Crippen molar-refractivity contribution in [3.05, 3.63) is 35.0 Å². The number of aliphatic imine (C=N–C) groups is 1. The molecule has 2 aromatic rings. The summed E-state index contributed by atoms with van der Waals surface area (Å²) >= 11 is 0. The molecule has 1 N–H and O–H groups in total. The smallest absolute Gasteiger partial charge is 0.194 e. The highest BCUT2D eigenvalue weighted by Crippen LogP contribution is 2.10. The zero-order valence-electron chi connectivity index (χ0n) is 15.9. The van der Waals surface area contributed by atoms with Gasteiger partial charge in [-0.05, 0) is 20.3 Å². The normalized spacial score (nSPS) is 16.3. The molecular formula is C18H28N6O2. The van der Waals surface area contributed by atoms with Gasteiger partial charge in [-0.1, -0.05) is 17.2 Å². The van der Waals surface area contributed by atoms with Gasteiger partial charge in [0.25, 0.3) is 0 Å². The Hall–Kier alpha value is -2.35. The van der Waals surface area contributed by atoms with Crippen molar-refractivity contribution in [1.82, 2.24) is 25.4 Å². The monoisotopic (exact) mass is 360 g/mol. The zero-order chi connectivity index (χ0) is 18.4. The van der Waals surface area contributed by atoms with Crippen LogP contribution in [-0.4, -0.2) is 58.8 Å². The molecule has 8 nitrogen and oxygen atoms in total. The van der Waals surface area contributed by atoms with Crippen LogP contribution in [0.25, 0.3) is 0 Å². The molecule has 0 atom stereocenters. The summed E-state index contributed by atoms with van der Waals surface area (Å²) in [4.78, 5) is 9.41. The van der Waals surface area contributed by atoms with E-state index in [1.165, 1.54) is 0 Å². The molecule has 0 aromatic carbocycles. The van der Waals surface area contributed by atoms with E-state index in [1.807, 2.05) is 19.1 Å². The molecule has 0 amide bonds. The van der Waals surface area contributed by atoms with E-state index in [0.29, 0.717) is 6.54 Å². The molecule has 1 aliphatic rings. The molecule has 3 heterocycles. The van der Waals surface area contributed by atoms with Gasteiger partial charge in [-0.3, -0.25) is 4.90 Å². The van der Waals surface area contributed by atoms with Gasteiger partial charge in [0.1, 0.15) is 12.3 Å². The van der Waals surface area contributed by atoms with Crippen LogP contribution in [0.3, 0.4) is 0 Å². The van der Waals surface area contributed by atoms with Gasteiger partial charge in [-0.25, -0.2) is 4.99 Å². The lowest BCUT2D eigenvalue weighted by Crippen LogP contribution is -2.52. The van der Waals surface area contributed by atoms with Gasteiger partial charge in [0.05, 0.1) is 11.4 Å².